The maximum Gasteiger partial charge on any atom is 0.346 e. The smallest absolute Gasteiger partial charge is 0.346 e. The quantitative estimate of drug-likeness (QED) is 0.684. The predicted molar refractivity (Wildman–Crippen MR) is 73.2 cm³/mol. The van der Waals surface area contributed by atoms with Crippen molar-refractivity contribution in [3.05, 3.63) is 80.4 Å². The van der Waals surface area contributed by atoms with Crippen LogP contribution in [-0.4, -0.2) is 20.9 Å². The molecule has 0 unspecified atom stereocenters. The molecule has 0 aliphatic heterocycles. The van der Waals surface area contributed by atoms with E-state index < -0.39 is 27.2 Å². The Morgan fingerprint density at radius 1 is 0.810 bits per heavy atom. The minimum absolute atomic E-state index is 0.331. The van der Waals surface area contributed by atoms with Crippen molar-refractivity contribution < 1.29 is 19.7 Å². The topological polar surface area (TPSA) is 124 Å². The summed E-state index contributed by atoms with van der Waals surface area (Å²) in [5.41, 5.74) is -0.637. The van der Waals surface area contributed by atoms with Gasteiger partial charge in [0.05, 0.1) is 15.4 Å². The van der Waals surface area contributed by atoms with Crippen LogP contribution in [0.25, 0.3) is 0 Å². The van der Waals surface area contributed by atoms with E-state index >= 15 is 0 Å². The van der Waals surface area contributed by atoms with Crippen LogP contribution in [0.2, 0.25) is 0 Å². The summed E-state index contributed by atoms with van der Waals surface area (Å²) in [6.45, 7) is 0. The fraction of sp³-hybridized carbons (Fsp3) is 0. The Hall–Kier alpha value is -3.29. The number of nitro benzene ring substituents is 2. The van der Waals surface area contributed by atoms with E-state index in [1.807, 2.05) is 0 Å². The minimum Gasteiger partial charge on any atom is -0.478 e. The zero-order valence-corrected chi connectivity index (χ0v) is 10.6. The van der Waals surface area contributed by atoms with Crippen LogP contribution in [0.3, 0.4) is 0 Å². The van der Waals surface area contributed by atoms with E-state index in [-0.39, 0.29) is 0 Å². The van der Waals surface area contributed by atoms with Gasteiger partial charge in [-0.1, -0.05) is 30.3 Å². The number of carboxylic acids is 1. The van der Waals surface area contributed by atoms with Gasteiger partial charge in [0, 0.05) is 12.1 Å². The molecule has 8 heteroatoms. The lowest BCUT2D eigenvalue weighted by molar-refractivity contribution is -0.422. The second-order valence-corrected chi connectivity index (χ2v) is 3.67. The number of carboxylic acid groups (broad SMARTS) is 1. The summed E-state index contributed by atoms with van der Waals surface area (Å²) < 4.78 is 0. The van der Waals surface area contributed by atoms with E-state index in [9.17, 15) is 25.0 Å². The van der Waals surface area contributed by atoms with E-state index in [1.165, 1.54) is 12.1 Å². The molecule has 0 saturated heterocycles. The van der Waals surface area contributed by atoms with Crippen molar-refractivity contribution in [2.45, 2.75) is 0 Å². The van der Waals surface area contributed by atoms with Gasteiger partial charge in [0.1, 0.15) is 0 Å². The highest BCUT2D eigenvalue weighted by atomic mass is 16.6. The molecule has 0 bridgehead atoms. The molecule has 108 valence electrons. The number of hydrogen-bond donors (Lipinski definition) is 1. The van der Waals surface area contributed by atoms with Gasteiger partial charge < -0.3 is 5.11 Å². The fourth-order valence-corrected chi connectivity index (χ4v) is 1.35. The third-order valence-corrected chi connectivity index (χ3v) is 2.30. The first-order chi connectivity index (χ1) is 9.93. The Balaban J connectivity index is 0.000000219. The minimum atomic E-state index is -0.879. The summed E-state index contributed by atoms with van der Waals surface area (Å²) in [6, 6.07) is 13.2. The Kier molecular flexibility index (Phi) is 5.51. The first-order valence-corrected chi connectivity index (χ1v) is 5.59. The summed E-state index contributed by atoms with van der Waals surface area (Å²) in [4.78, 5) is 29.1. The van der Waals surface area contributed by atoms with Crippen LogP contribution in [0, 0.1) is 20.2 Å². The lowest BCUT2D eigenvalue weighted by Crippen LogP contribution is -1.95. The van der Waals surface area contributed by atoms with Crippen molar-refractivity contribution >= 4 is 17.3 Å². The Labute approximate surface area is 118 Å². The second-order valence-electron chi connectivity index (χ2n) is 3.67. The van der Waals surface area contributed by atoms with Crippen LogP contribution in [0.4, 0.5) is 11.4 Å². The Bertz CT molecular complexity index is 624. The van der Waals surface area contributed by atoms with E-state index in [0.717, 1.165) is 12.1 Å². The maximum atomic E-state index is 10.2. The van der Waals surface area contributed by atoms with E-state index in [1.54, 1.807) is 30.3 Å². The zero-order chi connectivity index (χ0) is 15.8. The Morgan fingerprint density at radius 3 is 1.48 bits per heavy atom. The molecule has 8 nitrogen and oxygen atoms in total. The van der Waals surface area contributed by atoms with Gasteiger partial charge in [-0.3, -0.25) is 20.2 Å². The molecule has 0 amide bonds. The number of nitro groups is 2. The van der Waals surface area contributed by atoms with Crippen molar-refractivity contribution in [1.29, 1.82) is 0 Å². The van der Waals surface area contributed by atoms with Crippen molar-refractivity contribution in [1.82, 2.24) is 0 Å². The molecular weight excluding hydrogens is 280 g/mol. The van der Waals surface area contributed by atoms with E-state index in [0.29, 0.717) is 5.56 Å². The van der Waals surface area contributed by atoms with Crippen molar-refractivity contribution in [3.8, 4) is 0 Å². The number of benzene rings is 2. The molecule has 2 aromatic rings. The summed E-state index contributed by atoms with van der Waals surface area (Å²) in [5.74, 6) is -0.879. The lowest BCUT2D eigenvalue weighted by atomic mass is 10.2. The van der Waals surface area contributed by atoms with Crippen LogP contribution in [0.15, 0.2) is 54.6 Å². The SMILES string of the molecule is O=C(O)c1ccccc1.O=[N+]([O-])c1ccccc1[N+](=O)[O-]. The van der Waals surface area contributed by atoms with E-state index in [2.05, 4.69) is 0 Å². The van der Waals surface area contributed by atoms with Crippen LogP contribution in [-0.2, 0) is 0 Å². The van der Waals surface area contributed by atoms with Crippen molar-refractivity contribution in [2.75, 3.05) is 0 Å². The standard InChI is InChI=1S/C7H6O2.C6H4N2O4/c8-7(9)6-4-2-1-3-5-6;9-7(10)5-3-1-2-4-6(5)8(11)12/h1-5H,(H,8,9);1-4H. The van der Waals surface area contributed by atoms with Crippen LogP contribution in [0.1, 0.15) is 10.4 Å². The third-order valence-electron chi connectivity index (χ3n) is 2.30. The largest absolute Gasteiger partial charge is 0.478 e. The van der Waals surface area contributed by atoms with Gasteiger partial charge >= 0.3 is 17.3 Å². The van der Waals surface area contributed by atoms with Gasteiger partial charge in [-0.2, -0.15) is 0 Å². The molecule has 21 heavy (non-hydrogen) atoms. The third kappa shape index (κ3) is 4.71. The van der Waals surface area contributed by atoms with Crippen LogP contribution >= 0.6 is 0 Å². The number of aromatic carboxylic acids is 1. The molecule has 1 N–H and O–H groups in total. The monoisotopic (exact) mass is 290 g/mol. The van der Waals surface area contributed by atoms with Crippen molar-refractivity contribution in [2.24, 2.45) is 0 Å². The summed E-state index contributed by atoms with van der Waals surface area (Å²) in [6.07, 6.45) is 0. The molecule has 0 radical (unpaired) electrons. The van der Waals surface area contributed by atoms with Gasteiger partial charge in [-0.25, -0.2) is 4.79 Å². The lowest BCUT2D eigenvalue weighted by Gasteiger charge is -1.91. The highest BCUT2D eigenvalue weighted by Crippen LogP contribution is 2.24. The highest BCUT2D eigenvalue weighted by Gasteiger charge is 2.21. The highest BCUT2D eigenvalue weighted by molar-refractivity contribution is 5.87. The fourth-order valence-electron chi connectivity index (χ4n) is 1.35. The number of rotatable bonds is 3. The van der Waals surface area contributed by atoms with Gasteiger partial charge in [0.2, 0.25) is 0 Å². The molecule has 2 aromatic carbocycles. The van der Waals surface area contributed by atoms with Crippen LogP contribution in [0.5, 0.6) is 0 Å². The van der Waals surface area contributed by atoms with Gasteiger partial charge in [-0.05, 0) is 12.1 Å². The summed E-state index contributed by atoms with van der Waals surface area (Å²) in [5, 5.41) is 28.8. The first kappa shape index (κ1) is 15.8. The van der Waals surface area contributed by atoms with Gasteiger partial charge in [0.25, 0.3) is 0 Å². The summed E-state index contributed by atoms with van der Waals surface area (Å²) >= 11 is 0. The van der Waals surface area contributed by atoms with E-state index in [4.69, 9.17) is 5.11 Å². The number of nitrogens with zero attached hydrogens (tertiary/aromatic N) is 2. The maximum absolute atomic E-state index is 10.2. The molecule has 0 heterocycles. The van der Waals surface area contributed by atoms with Gasteiger partial charge in [0.15, 0.2) is 0 Å². The average Bonchev–Trinajstić information content (AvgIpc) is 2.48. The molecule has 0 saturated carbocycles. The molecule has 0 aliphatic rings. The van der Waals surface area contributed by atoms with Crippen molar-refractivity contribution in [3.63, 3.8) is 0 Å². The molecule has 0 atom stereocenters. The number of para-hydroxylation sites is 2. The van der Waals surface area contributed by atoms with Crippen LogP contribution < -0.4 is 0 Å². The number of hydrogen-bond acceptors (Lipinski definition) is 5. The molecule has 0 aromatic heterocycles. The molecule has 0 aliphatic carbocycles. The molecule has 0 fully saturated rings. The normalized spacial score (nSPS) is 9.14. The molecule has 2 rings (SSSR count). The predicted octanol–water partition coefficient (Wildman–Crippen LogP) is 2.89. The first-order valence-electron chi connectivity index (χ1n) is 5.59. The second kappa shape index (κ2) is 7.34. The molecule has 0 spiro atoms. The van der Waals surface area contributed by atoms with Gasteiger partial charge in [-0.15, -0.1) is 0 Å². The number of carbonyl (C=O) groups is 1. The summed E-state index contributed by atoms with van der Waals surface area (Å²) in [7, 11) is 0. The average molecular weight is 290 g/mol. The molecular formula is C13H10N2O6. The zero-order valence-electron chi connectivity index (χ0n) is 10.6. The Morgan fingerprint density at radius 2 is 1.19 bits per heavy atom.